The molecule has 0 spiro atoms. The second-order valence-corrected chi connectivity index (χ2v) is 6.83. The van der Waals surface area contributed by atoms with Gasteiger partial charge in [0.05, 0.1) is 18.1 Å². The van der Waals surface area contributed by atoms with Gasteiger partial charge < -0.3 is 14.2 Å². The molecule has 1 amide bonds. The summed E-state index contributed by atoms with van der Waals surface area (Å²) in [5.41, 5.74) is 3.07. The van der Waals surface area contributed by atoms with Gasteiger partial charge in [0.15, 0.2) is 0 Å². The van der Waals surface area contributed by atoms with Crippen LogP contribution in [0.15, 0.2) is 48.5 Å². The number of fused-ring (bicyclic) bond motifs is 1. The minimum absolute atomic E-state index is 0.148. The van der Waals surface area contributed by atoms with E-state index >= 15 is 0 Å². The zero-order valence-electron chi connectivity index (χ0n) is 15.2. The molecule has 0 saturated heterocycles. The lowest BCUT2D eigenvalue weighted by Crippen LogP contribution is -2.35. The highest BCUT2D eigenvalue weighted by molar-refractivity contribution is 5.81. The summed E-state index contributed by atoms with van der Waals surface area (Å²) in [5.74, 6) is 1.85. The molecular weight excluding hydrogens is 326 g/mol. The maximum absolute atomic E-state index is 13.1. The summed E-state index contributed by atoms with van der Waals surface area (Å²) in [5, 5.41) is 0. The molecule has 0 unspecified atom stereocenters. The average Bonchev–Trinajstić information content (AvgIpc) is 3.45. The number of benzene rings is 2. The molecule has 1 aromatic heterocycles. The molecule has 26 heavy (non-hydrogen) atoms. The quantitative estimate of drug-likeness (QED) is 0.684. The zero-order valence-corrected chi connectivity index (χ0v) is 15.2. The number of carbonyl (C=O) groups excluding carboxylic acids is 1. The fraction of sp³-hybridized carbons (Fsp3) is 0.333. The van der Waals surface area contributed by atoms with E-state index in [1.165, 1.54) is 0 Å². The van der Waals surface area contributed by atoms with Crippen LogP contribution >= 0.6 is 0 Å². The van der Waals surface area contributed by atoms with Crippen molar-refractivity contribution in [1.29, 1.82) is 0 Å². The number of hydrogen-bond donors (Lipinski definition) is 0. The molecule has 4 rings (SSSR count). The van der Waals surface area contributed by atoms with E-state index in [1.807, 2.05) is 64.9 Å². The number of amides is 1. The van der Waals surface area contributed by atoms with Crippen LogP contribution in [-0.2, 0) is 17.9 Å². The molecule has 0 bridgehead atoms. The molecule has 5 nitrogen and oxygen atoms in total. The smallest absolute Gasteiger partial charge is 0.243 e. The third kappa shape index (κ3) is 3.29. The minimum Gasteiger partial charge on any atom is -0.497 e. The Morgan fingerprint density at radius 1 is 1.19 bits per heavy atom. The van der Waals surface area contributed by atoms with Crippen LogP contribution < -0.4 is 4.74 Å². The summed E-state index contributed by atoms with van der Waals surface area (Å²) in [4.78, 5) is 19.6. The number of para-hydroxylation sites is 2. The van der Waals surface area contributed by atoms with Crippen molar-refractivity contribution in [2.75, 3.05) is 7.11 Å². The number of aryl methyl sites for hydroxylation is 1. The molecule has 1 fully saturated rings. The Morgan fingerprint density at radius 3 is 2.62 bits per heavy atom. The average molecular weight is 349 g/mol. The van der Waals surface area contributed by atoms with Crippen molar-refractivity contribution in [2.45, 2.75) is 38.9 Å². The van der Waals surface area contributed by atoms with Crippen molar-refractivity contribution in [2.24, 2.45) is 0 Å². The molecule has 1 saturated carbocycles. The van der Waals surface area contributed by atoms with Crippen LogP contribution in [0, 0.1) is 6.92 Å². The maximum Gasteiger partial charge on any atom is 0.243 e. The van der Waals surface area contributed by atoms with Crippen LogP contribution in [0.5, 0.6) is 5.75 Å². The van der Waals surface area contributed by atoms with Gasteiger partial charge in [-0.05, 0) is 49.6 Å². The van der Waals surface area contributed by atoms with E-state index in [4.69, 9.17) is 4.74 Å². The third-order valence-corrected chi connectivity index (χ3v) is 4.96. The van der Waals surface area contributed by atoms with Gasteiger partial charge in [0.2, 0.25) is 5.91 Å². The third-order valence-electron chi connectivity index (χ3n) is 4.96. The summed E-state index contributed by atoms with van der Waals surface area (Å²) in [6, 6.07) is 16.3. The minimum atomic E-state index is 0.148. The normalized spacial score (nSPS) is 13.8. The predicted octanol–water partition coefficient (Wildman–Crippen LogP) is 3.54. The standard InChI is InChI=1S/C21H23N3O2/c1-15-22-19-5-3-4-6-20(19)23(15)14-21(25)24(17-9-10-17)13-16-7-11-18(26-2)12-8-16/h3-8,11-12,17H,9-10,13-14H2,1-2H3. The SMILES string of the molecule is COc1ccc(CN(C(=O)Cn2c(C)nc3ccccc32)C2CC2)cc1. The Morgan fingerprint density at radius 2 is 1.92 bits per heavy atom. The summed E-state index contributed by atoms with van der Waals surface area (Å²) in [7, 11) is 1.66. The van der Waals surface area contributed by atoms with Gasteiger partial charge >= 0.3 is 0 Å². The van der Waals surface area contributed by atoms with Gasteiger partial charge in [-0.25, -0.2) is 4.98 Å². The Kier molecular flexibility index (Phi) is 4.37. The van der Waals surface area contributed by atoms with E-state index in [0.717, 1.165) is 41.0 Å². The van der Waals surface area contributed by atoms with E-state index in [2.05, 4.69) is 4.98 Å². The highest BCUT2D eigenvalue weighted by atomic mass is 16.5. The van der Waals surface area contributed by atoms with E-state index in [1.54, 1.807) is 7.11 Å². The lowest BCUT2D eigenvalue weighted by molar-refractivity contribution is -0.133. The molecule has 1 heterocycles. The van der Waals surface area contributed by atoms with E-state index < -0.39 is 0 Å². The van der Waals surface area contributed by atoms with E-state index in [-0.39, 0.29) is 5.91 Å². The summed E-state index contributed by atoms with van der Waals surface area (Å²) >= 11 is 0. The van der Waals surface area contributed by atoms with Crippen LogP contribution in [0.25, 0.3) is 11.0 Å². The second kappa shape index (κ2) is 6.83. The van der Waals surface area contributed by atoms with Crippen molar-refractivity contribution in [3.05, 3.63) is 59.9 Å². The molecule has 134 valence electrons. The number of hydrogen-bond acceptors (Lipinski definition) is 3. The van der Waals surface area contributed by atoms with Crippen LogP contribution in [0.3, 0.4) is 0 Å². The Hall–Kier alpha value is -2.82. The summed E-state index contributed by atoms with van der Waals surface area (Å²) < 4.78 is 7.23. The number of methoxy groups -OCH3 is 1. The molecule has 0 N–H and O–H groups in total. The van der Waals surface area contributed by atoms with Gasteiger partial charge in [0.1, 0.15) is 18.1 Å². The van der Waals surface area contributed by atoms with Crippen molar-refractivity contribution < 1.29 is 9.53 Å². The second-order valence-electron chi connectivity index (χ2n) is 6.83. The largest absolute Gasteiger partial charge is 0.497 e. The van der Waals surface area contributed by atoms with Crippen molar-refractivity contribution >= 4 is 16.9 Å². The van der Waals surface area contributed by atoms with Crippen molar-refractivity contribution in [1.82, 2.24) is 14.5 Å². The highest BCUT2D eigenvalue weighted by Crippen LogP contribution is 2.29. The van der Waals surface area contributed by atoms with Gasteiger partial charge in [-0.3, -0.25) is 4.79 Å². The monoisotopic (exact) mass is 349 g/mol. The fourth-order valence-corrected chi connectivity index (χ4v) is 3.36. The molecule has 0 radical (unpaired) electrons. The molecule has 0 atom stereocenters. The first-order valence-electron chi connectivity index (χ1n) is 9.00. The van der Waals surface area contributed by atoms with Crippen LogP contribution in [0.1, 0.15) is 24.2 Å². The Labute approximate surface area is 153 Å². The van der Waals surface area contributed by atoms with Crippen LogP contribution in [-0.4, -0.2) is 33.5 Å². The molecule has 1 aliphatic rings. The van der Waals surface area contributed by atoms with Gasteiger partial charge in [-0.1, -0.05) is 24.3 Å². The maximum atomic E-state index is 13.1. The first kappa shape index (κ1) is 16.6. The van der Waals surface area contributed by atoms with Crippen LogP contribution in [0.2, 0.25) is 0 Å². The van der Waals surface area contributed by atoms with Crippen molar-refractivity contribution in [3.63, 3.8) is 0 Å². The molecular formula is C21H23N3O2. The summed E-state index contributed by atoms with van der Waals surface area (Å²) in [6.45, 7) is 2.93. The molecule has 0 aliphatic heterocycles. The number of imidazole rings is 1. The summed E-state index contributed by atoms with van der Waals surface area (Å²) in [6.07, 6.45) is 2.18. The Bertz CT molecular complexity index is 926. The van der Waals surface area contributed by atoms with E-state index in [9.17, 15) is 4.79 Å². The molecule has 5 heteroatoms. The number of aromatic nitrogens is 2. The first-order chi connectivity index (χ1) is 12.7. The fourth-order valence-electron chi connectivity index (χ4n) is 3.36. The molecule has 1 aliphatic carbocycles. The first-order valence-corrected chi connectivity index (χ1v) is 9.00. The number of ether oxygens (including phenoxy) is 1. The topological polar surface area (TPSA) is 47.4 Å². The number of rotatable bonds is 6. The van der Waals surface area contributed by atoms with Crippen LogP contribution in [0.4, 0.5) is 0 Å². The lowest BCUT2D eigenvalue weighted by atomic mass is 10.2. The Balaban J connectivity index is 1.54. The van der Waals surface area contributed by atoms with Gasteiger partial charge in [-0.15, -0.1) is 0 Å². The highest BCUT2D eigenvalue weighted by Gasteiger charge is 2.32. The number of nitrogens with zero attached hydrogens (tertiary/aromatic N) is 3. The van der Waals surface area contributed by atoms with Gasteiger partial charge in [0, 0.05) is 12.6 Å². The number of carbonyl (C=O) groups is 1. The predicted molar refractivity (Wildman–Crippen MR) is 101 cm³/mol. The molecule has 2 aromatic carbocycles. The zero-order chi connectivity index (χ0) is 18.1. The van der Waals surface area contributed by atoms with E-state index in [0.29, 0.717) is 19.1 Å². The van der Waals surface area contributed by atoms with Gasteiger partial charge in [-0.2, -0.15) is 0 Å². The lowest BCUT2D eigenvalue weighted by Gasteiger charge is -2.23. The van der Waals surface area contributed by atoms with Gasteiger partial charge in [0.25, 0.3) is 0 Å². The molecule has 3 aromatic rings. The van der Waals surface area contributed by atoms with Crippen molar-refractivity contribution in [3.8, 4) is 5.75 Å².